The van der Waals surface area contributed by atoms with Crippen molar-refractivity contribution in [2.75, 3.05) is 5.32 Å². The van der Waals surface area contributed by atoms with Crippen LogP contribution in [0.5, 0.6) is 0 Å². The molecule has 2 rings (SSSR count). The summed E-state index contributed by atoms with van der Waals surface area (Å²) in [7, 11) is 0. The van der Waals surface area contributed by atoms with Crippen LogP contribution in [-0.4, -0.2) is 21.4 Å². The molecule has 1 heterocycles. The third kappa shape index (κ3) is 2.65. The van der Waals surface area contributed by atoms with Gasteiger partial charge in [-0.15, -0.1) is 0 Å². The fourth-order valence-electron chi connectivity index (χ4n) is 1.58. The lowest BCUT2D eigenvalue weighted by Gasteiger charge is -2.03. The van der Waals surface area contributed by atoms with Crippen molar-refractivity contribution in [2.24, 2.45) is 0 Å². The second-order valence-electron chi connectivity index (χ2n) is 3.92. The topological polar surface area (TPSA) is 103 Å². The van der Waals surface area contributed by atoms with Crippen LogP contribution in [0.2, 0.25) is 0 Å². The van der Waals surface area contributed by atoms with Crippen molar-refractivity contribution in [3.8, 4) is 6.07 Å². The molecule has 0 atom stereocenters. The Morgan fingerprint density at radius 2 is 2.00 bits per heavy atom. The summed E-state index contributed by atoms with van der Waals surface area (Å²) in [4.78, 5) is 23.1. The number of aromatic nitrogens is 1. The second kappa shape index (κ2) is 5.50. The maximum atomic E-state index is 12.0. The number of nitrogens with zero attached hydrogens (tertiary/aromatic N) is 2. The second-order valence-corrected chi connectivity index (χ2v) is 4.69. The Bertz CT molecular complexity index is 713. The van der Waals surface area contributed by atoms with Gasteiger partial charge in [-0.25, -0.2) is 4.79 Å². The first kappa shape index (κ1) is 13.7. The summed E-state index contributed by atoms with van der Waals surface area (Å²) in [5.41, 5.74) is 1.14. The van der Waals surface area contributed by atoms with Gasteiger partial charge in [-0.3, -0.25) is 4.79 Å². The average Bonchev–Trinajstić information content (AvgIpc) is 2.79. The smallest absolute Gasteiger partial charge is 0.340 e. The number of carbonyl (C=O) groups excluding carboxylic acids is 1. The molecule has 0 aliphatic rings. The first-order valence-corrected chi connectivity index (χ1v) is 6.31. The quantitative estimate of drug-likeness (QED) is 0.901. The molecule has 0 bridgehead atoms. The van der Waals surface area contributed by atoms with E-state index in [0.29, 0.717) is 16.8 Å². The number of rotatable bonds is 3. The molecule has 1 aromatic heterocycles. The molecule has 20 heavy (non-hydrogen) atoms. The Morgan fingerprint density at radius 3 is 2.55 bits per heavy atom. The molecule has 0 unspecified atom stereocenters. The SMILES string of the molecule is Cc1nsc(NC(=O)c2ccc(C#N)cc2)c1C(=O)O. The summed E-state index contributed by atoms with van der Waals surface area (Å²) in [6, 6.07) is 7.99. The highest BCUT2D eigenvalue weighted by Crippen LogP contribution is 2.25. The molecule has 0 aliphatic carbocycles. The van der Waals surface area contributed by atoms with E-state index >= 15 is 0 Å². The van der Waals surface area contributed by atoms with Crippen molar-refractivity contribution in [1.29, 1.82) is 5.26 Å². The Labute approximate surface area is 118 Å². The lowest BCUT2D eigenvalue weighted by Crippen LogP contribution is -2.13. The van der Waals surface area contributed by atoms with E-state index in [0.717, 1.165) is 11.5 Å². The average molecular weight is 287 g/mol. The van der Waals surface area contributed by atoms with Crippen LogP contribution in [0.15, 0.2) is 24.3 Å². The van der Waals surface area contributed by atoms with Gasteiger partial charge in [0.1, 0.15) is 10.6 Å². The summed E-state index contributed by atoms with van der Waals surface area (Å²) in [5.74, 6) is -1.58. The van der Waals surface area contributed by atoms with Gasteiger partial charge >= 0.3 is 5.97 Å². The van der Waals surface area contributed by atoms with Crippen molar-refractivity contribution >= 4 is 28.4 Å². The van der Waals surface area contributed by atoms with Crippen LogP contribution in [0.25, 0.3) is 0 Å². The zero-order valence-corrected chi connectivity index (χ0v) is 11.2. The molecule has 0 radical (unpaired) electrons. The monoisotopic (exact) mass is 287 g/mol. The van der Waals surface area contributed by atoms with Crippen LogP contribution >= 0.6 is 11.5 Å². The maximum Gasteiger partial charge on any atom is 0.340 e. The number of carbonyl (C=O) groups is 2. The molecule has 2 N–H and O–H groups in total. The normalized spacial score (nSPS) is 9.80. The van der Waals surface area contributed by atoms with Gasteiger partial charge in [0.25, 0.3) is 5.91 Å². The van der Waals surface area contributed by atoms with Crippen LogP contribution in [0.3, 0.4) is 0 Å². The summed E-state index contributed by atoms with van der Waals surface area (Å²) in [6.45, 7) is 1.57. The van der Waals surface area contributed by atoms with Crippen molar-refractivity contribution in [1.82, 2.24) is 4.37 Å². The number of aryl methyl sites for hydroxylation is 1. The Morgan fingerprint density at radius 1 is 1.35 bits per heavy atom. The number of hydrogen-bond donors (Lipinski definition) is 2. The highest BCUT2D eigenvalue weighted by atomic mass is 32.1. The molecule has 0 saturated carbocycles. The molecule has 0 aliphatic heterocycles. The van der Waals surface area contributed by atoms with E-state index < -0.39 is 11.9 Å². The number of nitriles is 1. The number of carboxylic acid groups (broad SMARTS) is 1. The summed E-state index contributed by atoms with van der Waals surface area (Å²) >= 11 is 0.920. The third-order valence-electron chi connectivity index (χ3n) is 2.58. The van der Waals surface area contributed by atoms with Gasteiger partial charge in [-0.05, 0) is 42.7 Å². The molecule has 0 saturated heterocycles. The third-order valence-corrected chi connectivity index (χ3v) is 3.43. The number of amides is 1. The fourth-order valence-corrected chi connectivity index (χ4v) is 2.36. The van der Waals surface area contributed by atoms with E-state index in [4.69, 9.17) is 10.4 Å². The van der Waals surface area contributed by atoms with Crippen LogP contribution in [-0.2, 0) is 0 Å². The largest absolute Gasteiger partial charge is 0.478 e. The van der Waals surface area contributed by atoms with Gasteiger partial charge < -0.3 is 10.4 Å². The van der Waals surface area contributed by atoms with Crippen molar-refractivity contribution in [3.63, 3.8) is 0 Å². The molecule has 2 aromatic rings. The van der Waals surface area contributed by atoms with E-state index in [-0.39, 0.29) is 10.6 Å². The predicted octanol–water partition coefficient (Wildman–Crippen LogP) is 2.27. The van der Waals surface area contributed by atoms with Gasteiger partial charge in [0.15, 0.2) is 0 Å². The first-order chi connectivity index (χ1) is 9.52. The lowest BCUT2D eigenvalue weighted by atomic mass is 10.1. The zero-order valence-electron chi connectivity index (χ0n) is 10.4. The summed E-state index contributed by atoms with van der Waals surface area (Å²) < 4.78 is 3.91. The van der Waals surface area contributed by atoms with Gasteiger partial charge in [0.2, 0.25) is 0 Å². The van der Waals surface area contributed by atoms with E-state index in [1.807, 2.05) is 6.07 Å². The Balaban J connectivity index is 2.24. The number of anilines is 1. The molecule has 1 amide bonds. The summed E-state index contributed by atoms with van der Waals surface area (Å²) in [5, 5.41) is 20.5. The standard InChI is InChI=1S/C13H9N3O3S/c1-7-10(13(18)19)12(20-16-7)15-11(17)9-4-2-8(6-14)3-5-9/h2-5H,1H3,(H,15,17)(H,18,19). The van der Waals surface area contributed by atoms with E-state index in [1.165, 1.54) is 24.3 Å². The van der Waals surface area contributed by atoms with E-state index in [9.17, 15) is 9.59 Å². The predicted molar refractivity (Wildman–Crippen MR) is 72.9 cm³/mol. The van der Waals surface area contributed by atoms with Crippen molar-refractivity contribution in [3.05, 3.63) is 46.6 Å². The van der Waals surface area contributed by atoms with Crippen LogP contribution < -0.4 is 5.32 Å². The number of hydrogen-bond acceptors (Lipinski definition) is 5. The first-order valence-electron chi connectivity index (χ1n) is 5.54. The number of nitrogens with one attached hydrogen (secondary N) is 1. The number of carboxylic acids is 1. The van der Waals surface area contributed by atoms with Gasteiger partial charge in [-0.1, -0.05) is 0 Å². The van der Waals surface area contributed by atoms with Crippen molar-refractivity contribution in [2.45, 2.75) is 6.92 Å². The molecule has 6 nitrogen and oxygen atoms in total. The molecule has 7 heteroatoms. The number of benzene rings is 1. The zero-order chi connectivity index (χ0) is 14.7. The highest BCUT2D eigenvalue weighted by molar-refractivity contribution is 7.11. The van der Waals surface area contributed by atoms with Crippen LogP contribution in [0.1, 0.15) is 32.0 Å². The minimum absolute atomic E-state index is 0.00278. The molecule has 100 valence electrons. The lowest BCUT2D eigenvalue weighted by molar-refractivity contribution is 0.0697. The fraction of sp³-hybridized carbons (Fsp3) is 0.0769. The van der Waals surface area contributed by atoms with Crippen LogP contribution in [0.4, 0.5) is 5.00 Å². The van der Waals surface area contributed by atoms with Crippen molar-refractivity contribution < 1.29 is 14.7 Å². The van der Waals surface area contributed by atoms with Gasteiger partial charge in [-0.2, -0.15) is 9.64 Å². The molecular weight excluding hydrogens is 278 g/mol. The van der Waals surface area contributed by atoms with E-state index in [2.05, 4.69) is 9.69 Å². The van der Waals surface area contributed by atoms with Gasteiger partial charge in [0.05, 0.1) is 17.3 Å². The molecule has 0 spiro atoms. The highest BCUT2D eigenvalue weighted by Gasteiger charge is 2.19. The van der Waals surface area contributed by atoms with Crippen LogP contribution in [0, 0.1) is 18.3 Å². The van der Waals surface area contributed by atoms with Gasteiger partial charge in [0, 0.05) is 5.56 Å². The summed E-state index contributed by atoms with van der Waals surface area (Å²) in [6.07, 6.45) is 0. The molecule has 1 aromatic carbocycles. The van der Waals surface area contributed by atoms with E-state index in [1.54, 1.807) is 6.92 Å². The minimum Gasteiger partial charge on any atom is -0.478 e. The molecular formula is C13H9N3O3S. The Kier molecular flexibility index (Phi) is 3.77. The molecule has 0 fully saturated rings. The number of aromatic carboxylic acids is 1. The Hall–Kier alpha value is -2.72. The minimum atomic E-state index is -1.13. The maximum absolute atomic E-state index is 12.0.